The lowest BCUT2D eigenvalue weighted by atomic mass is 10.1. The second-order valence-corrected chi connectivity index (χ2v) is 7.80. The monoisotopic (exact) mass is 496 g/mol. The number of halogens is 1. The van der Waals surface area contributed by atoms with Crippen molar-refractivity contribution >= 4 is 29.2 Å². The first-order valence-electron chi connectivity index (χ1n) is 10.3. The maximum atomic E-state index is 12.9. The van der Waals surface area contributed by atoms with Gasteiger partial charge in [0.15, 0.2) is 11.5 Å². The predicted octanol–water partition coefficient (Wildman–Crippen LogP) is 4.31. The number of pyridine rings is 1. The highest BCUT2D eigenvalue weighted by Crippen LogP contribution is 2.30. The van der Waals surface area contributed by atoms with Gasteiger partial charge in [0, 0.05) is 24.9 Å². The summed E-state index contributed by atoms with van der Waals surface area (Å²) in [5.74, 6) is 0.714. The molecule has 0 aliphatic heterocycles. The van der Waals surface area contributed by atoms with Crippen LogP contribution in [0.2, 0.25) is 5.02 Å². The van der Waals surface area contributed by atoms with E-state index in [1.807, 2.05) is 12.1 Å². The molecule has 35 heavy (non-hydrogen) atoms. The molecule has 2 aromatic carbocycles. The molecule has 0 atom stereocenters. The average Bonchev–Trinajstić information content (AvgIpc) is 2.84. The van der Waals surface area contributed by atoms with E-state index in [9.17, 15) is 25.3 Å². The Hall–Kier alpha value is -4.36. The molecular weight excluding hydrogens is 476 g/mol. The summed E-state index contributed by atoms with van der Waals surface area (Å²) in [6, 6.07) is 11.0. The number of non-ortho nitro benzene ring substituents is 1. The Labute approximate surface area is 205 Å². The molecule has 1 heterocycles. The number of ether oxygens (including phenoxy) is 2. The highest BCUT2D eigenvalue weighted by molar-refractivity contribution is 6.33. The summed E-state index contributed by atoms with van der Waals surface area (Å²) in [4.78, 5) is 27.4. The van der Waals surface area contributed by atoms with Crippen molar-refractivity contribution in [3.05, 3.63) is 84.1 Å². The molecule has 3 aromatic rings. The van der Waals surface area contributed by atoms with E-state index in [0.717, 1.165) is 16.2 Å². The fourth-order valence-electron chi connectivity index (χ4n) is 3.46. The SMILES string of the molecule is COc1ccc(CCn2c(O)c(C=Nc3ccc([N+](=O)[O-])cc3Cl)c(C)c(C#N)c2=O)cc1OC. The van der Waals surface area contributed by atoms with Crippen LogP contribution in [-0.4, -0.2) is 35.0 Å². The van der Waals surface area contributed by atoms with Crippen molar-refractivity contribution in [1.82, 2.24) is 4.57 Å². The molecule has 11 heteroatoms. The highest BCUT2D eigenvalue weighted by atomic mass is 35.5. The van der Waals surface area contributed by atoms with Crippen molar-refractivity contribution in [1.29, 1.82) is 5.26 Å². The van der Waals surface area contributed by atoms with Gasteiger partial charge in [0.25, 0.3) is 11.2 Å². The number of nitro benzene ring substituents is 1. The zero-order chi connectivity index (χ0) is 25.7. The standard InChI is InChI=1S/C24H21ClN4O6/c1-14-17(12-26)23(30)28(9-8-15-4-7-21(34-2)22(10-15)35-3)24(31)18(14)13-27-20-6-5-16(29(32)33)11-19(20)25/h4-7,10-11,13,31H,8-9H2,1-3H3. The average molecular weight is 497 g/mol. The van der Waals surface area contributed by atoms with Crippen molar-refractivity contribution in [2.45, 2.75) is 19.9 Å². The largest absolute Gasteiger partial charge is 0.494 e. The van der Waals surface area contributed by atoms with Gasteiger partial charge in [-0.1, -0.05) is 17.7 Å². The van der Waals surface area contributed by atoms with Gasteiger partial charge in [-0.3, -0.25) is 24.5 Å². The lowest BCUT2D eigenvalue weighted by Crippen LogP contribution is -2.26. The lowest BCUT2D eigenvalue weighted by molar-refractivity contribution is -0.384. The van der Waals surface area contributed by atoms with E-state index in [0.29, 0.717) is 17.9 Å². The Kier molecular flexibility index (Phi) is 7.73. The molecule has 0 aliphatic rings. The fourth-order valence-corrected chi connectivity index (χ4v) is 3.68. The van der Waals surface area contributed by atoms with Gasteiger partial charge in [-0.05, 0) is 42.7 Å². The third-order valence-electron chi connectivity index (χ3n) is 5.39. The minimum Gasteiger partial charge on any atom is -0.494 e. The Morgan fingerprint density at radius 3 is 2.54 bits per heavy atom. The van der Waals surface area contributed by atoms with E-state index >= 15 is 0 Å². The third kappa shape index (κ3) is 5.26. The number of aliphatic imine (C=N–C) groups is 1. The molecule has 1 N–H and O–H groups in total. The van der Waals surface area contributed by atoms with Gasteiger partial charge >= 0.3 is 0 Å². The molecule has 0 spiro atoms. The van der Waals surface area contributed by atoms with Gasteiger partial charge < -0.3 is 14.6 Å². The Morgan fingerprint density at radius 1 is 1.23 bits per heavy atom. The van der Waals surface area contributed by atoms with Crippen LogP contribution in [0.3, 0.4) is 0 Å². The number of methoxy groups -OCH3 is 2. The Morgan fingerprint density at radius 2 is 1.94 bits per heavy atom. The summed E-state index contributed by atoms with van der Waals surface area (Å²) in [6.45, 7) is 1.60. The molecule has 0 unspecified atom stereocenters. The summed E-state index contributed by atoms with van der Waals surface area (Å²) in [5, 5.41) is 31.4. The first-order chi connectivity index (χ1) is 16.7. The molecule has 0 bridgehead atoms. The number of aromatic hydroxyl groups is 1. The summed E-state index contributed by atoms with van der Waals surface area (Å²) in [6.07, 6.45) is 1.62. The quantitative estimate of drug-likeness (QED) is 0.278. The fraction of sp³-hybridized carbons (Fsp3) is 0.208. The van der Waals surface area contributed by atoms with Crippen molar-refractivity contribution in [2.75, 3.05) is 14.2 Å². The van der Waals surface area contributed by atoms with E-state index in [4.69, 9.17) is 21.1 Å². The normalized spacial score (nSPS) is 10.8. The zero-order valence-corrected chi connectivity index (χ0v) is 19.9. The molecule has 0 aliphatic carbocycles. The number of aromatic nitrogens is 1. The van der Waals surface area contributed by atoms with Crippen molar-refractivity contribution in [2.24, 2.45) is 4.99 Å². The minimum absolute atomic E-state index is 0.0369. The number of benzene rings is 2. The van der Waals surface area contributed by atoms with E-state index in [1.165, 1.54) is 39.5 Å². The van der Waals surface area contributed by atoms with Crippen LogP contribution in [0.15, 0.2) is 46.2 Å². The number of nitriles is 1. The van der Waals surface area contributed by atoms with Crippen molar-refractivity contribution < 1.29 is 19.5 Å². The van der Waals surface area contributed by atoms with Crippen LogP contribution in [0.5, 0.6) is 17.4 Å². The molecular formula is C24H21ClN4O6. The van der Waals surface area contributed by atoms with Gasteiger partial charge in [-0.25, -0.2) is 0 Å². The van der Waals surface area contributed by atoms with Crippen LogP contribution in [0.25, 0.3) is 0 Å². The molecule has 0 radical (unpaired) electrons. The number of hydrogen-bond donors (Lipinski definition) is 1. The second-order valence-electron chi connectivity index (χ2n) is 7.40. The zero-order valence-electron chi connectivity index (χ0n) is 19.1. The van der Waals surface area contributed by atoms with Gasteiger partial charge in [0.1, 0.15) is 11.6 Å². The number of nitro groups is 1. The number of hydrogen-bond acceptors (Lipinski definition) is 8. The van der Waals surface area contributed by atoms with E-state index in [-0.39, 0.29) is 45.5 Å². The van der Waals surface area contributed by atoms with Crippen LogP contribution < -0.4 is 15.0 Å². The summed E-state index contributed by atoms with van der Waals surface area (Å²) in [5.41, 5.74) is 0.490. The third-order valence-corrected chi connectivity index (χ3v) is 5.70. The molecule has 180 valence electrons. The molecule has 3 rings (SSSR count). The summed E-state index contributed by atoms with van der Waals surface area (Å²) in [7, 11) is 3.04. The van der Waals surface area contributed by atoms with E-state index in [2.05, 4.69) is 4.99 Å². The lowest BCUT2D eigenvalue weighted by Gasteiger charge is -2.15. The number of rotatable bonds is 8. The van der Waals surface area contributed by atoms with Crippen LogP contribution in [0.1, 0.15) is 22.3 Å². The van der Waals surface area contributed by atoms with Crippen molar-refractivity contribution in [3.8, 4) is 23.4 Å². The molecule has 10 nitrogen and oxygen atoms in total. The smallest absolute Gasteiger partial charge is 0.271 e. The highest BCUT2D eigenvalue weighted by Gasteiger charge is 2.18. The number of aryl methyl sites for hydroxylation is 1. The van der Waals surface area contributed by atoms with Gasteiger partial charge in [-0.2, -0.15) is 5.26 Å². The first-order valence-corrected chi connectivity index (χ1v) is 10.6. The van der Waals surface area contributed by atoms with E-state index < -0.39 is 10.5 Å². The van der Waals surface area contributed by atoms with Crippen LogP contribution in [0.4, 0.5) is 11.4 Å². The van der Waals surface area contributed by atoms with Crippen LogP contribution in [0, 0.1) is 28.4 Å². The summed E-state index contributed by atoms with van der Waals surface area (Å²) >= 11 is 6.09. The molecule has 0 saturated heterocycles. The minimum atomic E-state index is -0.631. The van der Waals surface area contributed by atoms with Gasteiger partial charge in [-0.15, -0.1) is 0 Å². The molecule has 0 amide bonds. The molecule has 0 saturated carbocycles. The van der Waals surface area contributed by atoms with Crippen LogP contribution >= 0.6 is 11.6 Å². The topological polar surface area (TPSA) is 140 Å². The second kappa shape index (κ2) is 10.7. The predicted molar refractivity (Wildman–Crippen MR) is 130 cm³/mol. The number of nitrogens with zero attached hydrogens (tertiary/aromatic N) is 4. The first kappa shape index (κ1) is 25.3. The van der Waals surface area contributed by atoms with Crippen LogP contribution in [-0.2, 0) is 13.0 Å². The summed E-state index contributed by atoms with van der Waals surface area (Å²) < 4.78 is 11.6. The maximum Gasteiger partial charge on any atom is 0.271 e. The van der Waals surface area contributed by atoms with Gasteiger partial charge in [0.2, 0.25) is 5.88 Å². The molecule has 0 fully saturated rings. The van der Waals surface area contributed by atoms with E-state index in [1.54, 1.807) is 12.1 Å². The maximum absolute atomic E-state index is 12.9. The van der Waals surface area contributed by atoms with Crippen molar-refractivity contribution in [3.63, 3.8) is 0 Å². The Bertz CT molecular complexity index is 1420. The molecule has 1 aromatic heterocycles. The van der Waals surface area contributed by atoms with Gasteiger partial charge in [0.05, 0.1) is 35.4 Å². The Balaban J connectivity index is 1.99.